The summed E-state index contributed by atoms with van der Waals surface area (Å²) in [4.78, 5) is 14.5. The lowest BCUT2D eigenvalue weighted by molar-refractivity contribution is 0.556. The molecule has 0 radical (unpaired) electrons. The molecule has 4 nitrogen and oxygen atoms in total. The summed E-state index contributed by atoms with van der Waals surface area (Å²) in [5.74, 6) is 0. The zero-order chi connectivity index (χ0) is 12.0. The van der Waals surface area contributed by atoms with Gasteiger partial charge in [-0.3, -0.25) is 4.68 Å². The van der Waals surface area contributed by atoms with Crippen molar-refractivity contribution < 1.29 is 4.79 Å². The Morgan fingerprint density at radius 3 is 2.94 bits per heavy atom. The second-order valence-corrected chi connectivity index (χ2v) is 5.10. The number of nitrogens with zero attached hydrogens (tertiary/aromatic N) is 3. The van der Waals surface area contributed by atoms with Crippen molar-refractivity contribution >= 4 is 32.9 Å². The fourth-order valence-corrected chi connectivity index (χ4v) is 2.95. The van der Waals surface area contributed by atoms with Crippen LogP contribution in [-0.4, -0.2) is 15.9 Å². The first-order chi connectivity index (χ1) is 8.18. The Bertz CT molecular complexity index is 651. The van der Waals surface area contributed by atoms with E-state index in [1.54, 1.807) is 6.08 Å². The van der Waals surface area contributed by atoms with Crippen LogP contribution < -0.4 is 0 Å². The molecule has 1 fully saturated rings. The Morgan fingerprint density at radius 1 is 1.53 bits per heavy atom. The molecule has 0 aliphatic heterocycles. The van der Waals surface area contributed by atoms with E-state index >= 15 is 0 Å². The monoisotopic (exact) mass is 291 g/mol. The number of hydrogen-bond donors (Lipinski definition) is 0. The molecule has 0 atom stereocenters. The molecule has 0 amide bonds. The molecule has 1 aliphatic rings. The zero-order valence-corrected chi connectivity index (χ0v) is 10.9. The SMILES string of the molecule is Cn1nc(Br)c2c(C3(N=C=O)CC3)cccc21. The summed E-state index contributed by atoms with van der Waals surface area (Å²) < 4.78 is 2.63. The smallest absolute Gasteiger partial charge is 0.235 e. The van der Waals surface area contributed by atoms with E-state index in [2.05, 4.69) is 26.0 Å². The number of hydrogen-bond acceptors (Lipinski definition) is 3. The van der Waals surface area contributed by atoms with E-state index in [9.17, 15) is 4.79 Å². The van der Waals surface area contributed by atoms with Crippen LogP contribution in [0.25, 0.3) is 10.9 Å². The summed E-state index contributed by atoms with van der Waals surface area (Å²) in [6, 6.07) is 6.01. The van der Waals surface area contributed by atoms with E-state index in [1.165, 1.54) is 0 Å². The Balaban J connectivity index is 2.34. The average Bonchev–Trinajstić information content (AvgIpc) is 3.03. The second-order valence-electron chi connectivity index (χ2n) is 4.35. The van der Waals surface area contributed by atoms with Crippen LogP contribution in [0, 0.1) is 0 Å². The average molecular weight is 292 g/mol. The van der Waals surface area contributed by atoms with Gasteiger partial charge in [0.25, 0.3) is 0 Å². The Morgan fingerprint density at radius 2 is 2.29 bits per heavy atom. The summed E-state index contributed by atoms with van der Waals surface area (Å²) in [5, 5.41) is 5.39. The Hall–Kier alpha value is -1.45. The number of rotatable bonds is 2. The van der Waals surface area contributed by atoms with Crippen LogP contribution in [0.5, 0.6) is 0 Å². The van der Waals surface area contributed by atoms with Crippen molar-refractivity contribution in [2.24, 2.45) is 12.0 Å². The standard InChI is InChI=1S/C12H10BrN3O/c1-16-9-4-2-3-8(10(9)11(13)15-16)12(5-6-12)14-7-17/h2-4H,5-6H2,1H3. The van der Waals surface area contributed by atoms with E-state index in [0.29, 0.717) is 0 Å². The molecule has 1 aromatic heterocycles. The van der Waals surface area contributed by atoms with Gasteiger partial charge < -0.3 is 0 Å². The number of fused-ring (bicyclic) bond motifs is 1. The van der Waals surface area contributed by atoms with E-state index in [0.717, 1.165) is 33.9 Å². The molecule has 1 saturated carbocycles. The molecule has 1 aromatic carbocycles. The number of aryl methyl sites for hydroxylation is 1. The maximum Gasteiger partial charge on any atom is 0.235 e. The van der Waals surface area contributed by atoms with E-state index < -0.39 is 0 Å². The summed E-state index contributed by atoms with van der Waals surface area (Å²) in [5.41, 5.74) is 1.76. The first-order valence-electron chi connectivity index (χ1n) is 5.39. The highest BCUT2D eigenvalue weighted by Gasteiger charge is 2.46. The maximum atomic E-state index is 10.5. The van der Waals surface area contributed by atoms with Crippen molar-refractivity contribution in [1.82, 2.24) is 9.78 Å². The van der Waals surface area contributed by atoms with Crippen molar-refractivity contribution in [3.63, 3.8) is 0 Å². The van der Waals surface area contributed by atoms with Gasteiger partial charge in [0.15, 0.2) is 0 Å². The molecule has 2 aromatic rings. The fourth-order valence-electron chi connectivity index (χ4n) is 2.30. The highest BCUT2D eigenvalue weighted by Crippen LogP contribution is 2.52. The van der Waals surface area contributed by atoms with Gasteiger partial charge in [-0.25, -0.2) is 4.79 Å². The van der Waals surface area contributed by atoms with E-state index in [4.69, 9.17) is 0 Å². The molecule has 1 heterocycles. The number of carbonyl (C=O) groups excluding carboxylic acids is 1. The molecule has 0 N–H and O–H groups in total. The van der Waals surface area contributed by atoms with Crippen LogP contribution in [0.15, 0.2) is 27.8 Å². The zero-order valence-electron chi connectivity index (χ0n) is 9.27. The highest BCUT2D eigenvalue weighted by molar-refractivity contribution is 9.10. The van der Waals surface area contributed by atoms with Gasteiger partial charge in [-0.1, -0.05) is 12.1 Å². The predicted molar refractivity (Wildman–Crippen MR) is 67.4 cm³/mol. The van der Waals surface area contributed by atoms with Crippen molar-refractivity contribution in [2.75, 3.05) is 0 Å². The minimum absolute atomic E-state index is 0.354. The Kier molecular flexibility index (Phi) is 2.21. The van der Waals surface area contributed by atoms with Crippen molar-refractivity contribution in [2.45, 2.75) is 18.4 Å². The Labute approximate surface area is 106 Å². The van der Waals surface area contributed by atoms with Crippen LogP contribution >= 0.6 is 15.9 Å². The number of halogens is 1. The molecule has 3 rings (SSSR count). The normalized spacial score (nSPS) is 16.8. The van der Waals surface area contributed by atoms with Crippen LogP contribution in [0.2, 0.25) is 0 Å². The van der Waals surface area contributed by atoms with Gasteiger partial charge in [-0.2, -0.15) is 10.1 Å². The fraction of sp³-hybridized carbons (Fsp3) is 0.333. The topological polar surface area (TPSA) is 47.2 Å². The largest absolute Gasteiger partial charge is 0.267 e. The van der Waals surface area contributed by atoms with Crippen molar-refractivity contribution in [3.05, 3.63) is 28.4 Å². The quantitative estimate of drug-likeness (QED) is 0.631. The van der Waals surface area contributed by atoms with Gasteiger partial charge in [0.2, 0.25) is 6.08 Å². The summed E-state index contributed by atoms with van der Waals surface area (Å²) >= 11 is 3.47. The number of isocyanates is 1. The van der Waals surface area contributed by atoms with Crippen LogP contribution in [0.1, 0.15) is 18.4 Å². The molecule has 5 heteroatoms. The molecule has 0 bridgehead atoms. The molecule has 0 spiro atoms. The van der Waals surface area contributed by atoms with Crippen LogP contribution in [0.4, 0.5) is 0 Å². The number of benzene rings is 1. The molecule has 0 saturated heterocycles. The lowest BCUT2D eigenvalue weighted by Crippen LogP contribution is -2.02. The van der Waals surface area contributed by atoms with Gasteiger partial charge in [0, 0.05) is 12.4 Å². The summed E-state index contributed by atoms with van der Waals surface area (Å²) in [7, 11) is 1.90. The van der Waals surface area contributed by atoms with Crippen LogP contribution in [0.3, 0.4) is 0 Å². The molecule has 0 unspecified atom stereocenters. The second kappa shape index (κ2) is 3.52. The van der Waals surface area contributed by atoms with Crippen molar-refractivity contribution in [1.29, 1.82) is 0 Å². The minimum atomic E-state index is -0.354. The molecule has 17 heavy (non-hydrogen) atoms. The van der Waals surface area contributed by atoms with Gasteiger partial charge in [0.1, 0.15) is 4.60 Å². The first kappa shape index (κ1) is 10.7. The third-order valence-electron chi connectivity index (χ3n) is 3.32. The molecule has 86 valence electrons. The number of aromatic nitrogens is 2. The third-order valence-corrected chi connectivity index (χ3v) is 3.87. The van der Waals surface area contributed by atoms with Gasteiger partial charge in [-0.15, -0.1) is 0 Å². The maximum absolute atomic E-state index is 10.5. The predicted octanol–water partition coefficient (Wildman–Crippen LogP) is 2.66. The molecule has 1 aliphatic carbocycles. The van der Waals surface area contributed by atoms with E-state index in [-0.39, 0.29) is 5.54 Å². The lowest BCUT2D eigenvalue weighted by Gasteiger charge is -2.09. The minimum Gasteiger partial charge on any atom is -0.267 e. The first-order valence-corrected chi connectivity index (χ1v) is 6.18. The lowest BCUT2D eigenvalue weighted by atomic mass is 10.0. The molecular weight excluding hydrogens is 282 g/mol. The van der Waals surface area contributed by atoms with Gasteiger partial charge in [-0.05, 0) is 40.4 Å². The summed E-state index contributed by atoms with van der Waals surface area (Å²) in [6.45, 7) is 0. The highest BCUT2D eigenvalue weighted by atomic mass is 79.9. The van der Waals surface area contributed by atoms with Gasteiger partial charge in [0.05, 0.1) is 11.1 Å². The van der Waals surface area contributed by atoms with Crippen molar-refractivity contribution in [3.8, 4) is 0 Å². The molecular formula is C12H10BrN3O. The number of aliphatic imine (C=N–C) groups is 1. The van der Waals surface area contributed by atoms with Gasteiger partial charge >= 0.3 is 0 Å². The third kappa shape index (κ3) is 1.47. The van der Waals surface area contributed by atoms with E-state index in [1.807, 2.05) is 29.9 Å². The van der Waals surface area contributed by atoms with Crippen LogP contribution in [-0.2, 0) is 17.4 Å². The summed E-state index contributed by atoms with van der Waals surface area (Å²) in [6.07, 6.45) is 3.50.